The normalized spacial score (nSPS) is 15.3. The van der Waals surface area contributed by atoms with E-state index in [1.807, 2.05) is 42.5 Å². The number of benzene rings is 3. The van der Waals surface area contributed by atoms with Crippen molar-refractivity contribution in [3.05, 3.63) is 118 Å². The molecule has 0 radical (unpaired) electrons. The molecule has 154 valence electrons. The average Bonchev–Trinajstić information content (AvgIpc) is 3.22. The Morgan fingerprint density at radius 1 is 0.806 bits per heavy atom. The van der Waals surface area contributed by atoms with Crippen molar-refractivity contribution in [2.75, 3.05) is 4.90 Å². The topological polar surface area (TPSA) is 39.7 Å². The third kappa shape index (κ3) is 3.71. The third-order valence-corrected chi connectivity index (χ3v) is 5.77. The molecule has 5 heteroatoms. The highest BCUT2D eigenvalue weighted by atomic mass is 35.5. The molecule has 0 aliphatic carbocycles. The van der Waals surface area contributed by atoms with Crippen molar-refractivity contribution in [2.45, 2.75) is 19.8 Å². The minimum atomic E-state index is 0.483. The summed E-state index contributed by atoms with van der Waals surface area (Å²) in [4.78, 5) is 7.22. The zero-order valence-electron chi connectivity index (χ0n) is 17.4. The van der Waals surface area contributed by atoms with Crippen LogP contribution in [0, 0.1) is 0 Å². The van der Waals surface area contributed by atoms with Crippen molar-refractivity contribution in [3.8, 4) is 0 Å². The Balaban J connectivity index is 1.64. The molecule has 4 nitrogen and oxygen atoms in total. The summed E-state index contributed by atoms with van der Waals surface area (Å²) < 4.78 is 0. The Labute approximate surface area is 187 Å². The van der Waals surface area contributed by atoms with E-state index in [1.54, 1.807) is 0 Å². The van der Waals surface area contributed by atoms with Crippen LogP contribution in [0.3, 0.4) is 0 Å². The van der Waals surface area contributed by atoms with Crippen LogP contribution in [0.2, 0.25) is 5.02 Å². The number of halogens is 1. The van der Waals surface area contributed by atoms with E-state index in [-0.39, 0.29) is 0 Å². The number of aliphatic imine (C=N–C) groups is 1. The molecule has 0 amide bonds. The van der Waals surface area contributed by atoms with Gasteiger partial charge in [-0.05, 0) is 35.7 Å². The van der Waals surface area contributed by atoms with Gasteiger partial charge in [-0.1, -0.05) is 80.0 Å². The fourth-order valence-electron chi connectivity index (χ4n) is 3.78. The highest BCUT2D eigenvalue weighted by Crippen LogP contribution is 2.33. The van der Waals surface area contributed by atoms with Crippen molar-refractivity contribution in [3.63, 3.8) is 0 Å². The van der Waals surface area contributed by atoms with Gasteiger partial charge in [0.1, 0.15) is 11.5 Å². The first kappa shape index (κ1) is 19.5. The molecule has 0 saturated heterocycles. The minimum absolute atomic E-state index is 0.483. The van der Waals surface area contributed by atoms with Crippen molar-refractivity contribution < 1.29 is 0 Å². The van der Waals surface area contributed by atoms with Crippen molar-refractivity contribution in [1.82, 2.24) is 10.9 Å². The maximum atomic E-state index is 6.13. The lowest BCUT2D eigenvalue weighted by Crippen LogP contribution is -2.32. The van der Waals surface area contributed by atoms with Crippen LogP contribution in [0.1, 0.15) is 36.5 Å². The van der Waals surface area contributed by atoms with E-state index in [4.69, 9.17) is 16.6 Å². The van der Waals surface area contributed by atoms with Crippen LogP contribution in [0.25, 0.3) is 5.70 Å². The number of nitrogens with zero attached hydrogens (tertiary/aromatic N) is 2. The summed E-state index contributed by atoms with van der Waals surface area (Å²) in [7, 11) is 0. The zero-order chi connectivity index (χ0) is 21.4. The minimum Gasteiger partial charge on any atom is -0.299 e. The summed E-state index contributed by atoms with van der Waals surface area (Å²) in [6.45, 7) is 4.41. The van der Waals surface area contributed by atoms with E-state index >= 15 is 0 Å². The van der Waals surface area contributed by atoms with Gasteiger partial charge in [0.05, 0.1) is 11.4 Å². The summed E-state index contributed by atoms with van der Waals surface area (Å²) in [6.07, 6.45) is 2.08. The molecule has 0 spiro atoms. The Kier molecular flexibility index (Phi) is 5.00. The van der Waals surface area contributed by atoms with Gasteiger partial charge in [-0.15, -0.1) is 0 Å². The molecule has 0 atom stereocenters. The van der Waals surface area contributed by atoms with Crippen LogP contribution >= 0.6 is 11.6 Å². The van der Waals surface area contributed by atoms with E-state index in [0.717, 1.165) is 39.7 Å². The van der Waals surface area contributed by atoms with E-state index in [1.165, 1.54) is 5.56 Å². The molecule has 0 aromatic heterocycles. The first-order valence-electron chi connectivity index (χ1n) is 10.4. The Hall–Kier alpha value is -3.50. The fraction of sp³-hybridized carbons (Fsp3) is 0.115. The lowest BCUT2D eigenvalue weighted by atomic mass is 10.0. The molecular formula is C26H23ClN4. The maximum absolute atomic E-state index is 6.13. The second-order valence-electron chi connectivity index (χ2n) is 7.94. The second kappa shape index (κ2) is 7.97. The summed E-state index contributed by atoms with van der Waals surface area (Å²) in [5.74, 6) is 1.35. The van der Waals surface area contributed by atoms with Gasteiger partial charge in [0, 0.05) is 28.0 Å². The highest BCUT2D eigenvalue weighted by Gasteiger charge is 2.28. The van der Waals surface area contributed by atoms with Gasteiger partial charge in [-0.2, -0.15) is 0 Å². The van der Waals surface area contributed by atoms with E-state index in [0.29, 0.717) is 10.9 Å². The highest BCUT2D eigenvalue weighted by molar-refractivity contribution is 6.30. The maximum Gasteiger partial charge on any atom is 0.145 e. The number of hydrogen-bond acceptors (Lipinski definition) is 4. The first-order chi connectivity index (χ1) is 15.1. The monoisotopic (exact) mass is 426 g/mol. The van der Waals surface area contributed by atoms with Crippen LogP contribution in [0.15, 0.2) is 101 Å². The fourth-order valence-corrected chi connectivity index (χ4v) is 3.90. The number of rotatable bonds is 4. The van der Waals surface area contributed by atoms with Crippen LogP contribution < -0.4 is 15.8 Å². The molecule has 0 unspecified atom stereocenters. The summed E-state index contributed by atoms with van der Waals surface area (Å²) in [6, 6.07) is 26.7. The average molecular weight is 427 g/mol. The second-order valence-corrected chi connectivity index (χ2v) is 8.38. The third-order valence-electron chi connectivity index (χ3n) is 5.52. The molecule has 3 aromatic rings. The van der Waals surface area contributed by atoms with Gasteiger partial charge < -0.3 is 0 Å². The molecular weight excluding hydrogens is 404 g/mol. The summed E-state index contributed by atoms with van der Waals surface area (Å²) in [5.41, 5.74) is 13.8. The molecule has 2 aliphatic heterocycles. The standard InChI is InChI=1S/C26H23ClN4/c1-17(2)18-8-10-20(11-9-18)26-28-25-23(16-31(26)22-14-12-21(27)13-15-22)29-30-24(25)19-6-4-3-5-7-19/h3-17,29-30H,1-2H3. The van der Waals surface area contributed by atoms with Crippen LogP contribution in [0.5, 0.6) is 0 Å². The molecule has 2 N–H and O–H groups in total. The summed E-state index contributed by atoms with van der Waals surface area (Å²) in [5, 5.41) is 0.709. The van der Waals surface area contributed by atoms with Gasteiger partial charge >= 0.3 is 0 Å². The molecule has 0 fully saturated rings. The van der Waals surface area contributed by atoms with Crippen molar-refractivity contribution in [1.29, 1.82) is 0 Å². The van der Waals surface area contributed by atoms with Crippen LogP contribution in [-0.4, -0.2) is 5.84 Å². The van der Waals surface area contributed by atoms with Gasteiger partial charge in [-0.3, -0.25) is 15.8 Å². The Bertz CT molecular complexity index is 1190. The molecule has 2 aliphatic rings. The van der Waals surface area contributed by atoms with E-state index in [2.05, 4.69) is 72.2 Å². The lowest BCUT2D eigenvalue weighted by molar-refractivity contribution is 0.792. The van der Waals surface area contributed by atoms with Gasteiger partial charge in [-0.25, -0.2) is 4.99 Å². The molecule has 31 heavy (non-hydrogen) atoms. The predicted octanol–water partition coefficient (Wildman–Crippen LogP) is 6.05. The quantitative estimate of drug-likeness (QED) is 0.533. The van der Waals surface area contributed by atoms with Crippen molar-refractivity contribution >= 4 is 28.8 Å². The largest absolute Gasteiger partial charge is 0.299 e. The van der Waals surface area contributed by atoms with E-state index < -0.39 is 0 Å². The number of amidine groups is 1. The number of hydrogen-bond donors (Lipinski definition) is 2. The number of fused-ring (bicyclic) bond motifs is 1. The van der Waals surface area contributed by atoms with Gasteiger partial charge in [0.2, 0.25) is 0 Å². The number of nitrogens with one attached hydrogen (secondary N) is 2. The Morgan fingerprint density at radius 2 is 1.52 bits per heavy atom. The van der Waals surface area contributed by atoms with Gasteiger partial charge in [0.25, 0.3) is 0 Å². The lowest BCUT2D eigenvalue weighted by Gasteiger charge is -2.27. The molecule has 3 aromatic carbocycles. The number of anilines is 1. The summed E-state index contributed by atoms with van der Waals surface area (Å²) >= 11 is 6.13. The molecule has 2 heterocycles. The molecule has 0 bridgehead atoms. The molecule has 0 saturated carbocycles. The zero-order valence-corrected chi connectivity index (χ0v) is 18.2. The van der Waals surface area contributed by atoms with Crippen LogP contribution in [-0.2, 0) is 0 Å². The molecule has 5 rings (SSSR count). The van der Waals surface area contributed by atoms with Crippen LogP contribution in [0.4, 0.5) is 5.69 Å². The number of hydrazine groups is 1. The Morgan fingerprint density at radius 3 is 2.19 bits per heavy atom. The van der Waals surface area contributed by atoms with Gasteiger partial charge in [0.15, 0.2) is 0 Å². The predicted molar refractivity (Wildman–Crippen MR) is 129 cm³/mol. The van der Waals surface area contributed by atoms with Crippen molar-refractivity contribution in [2.24, 2.45) is 4.99 Å². The smallest absolute Gasteiger partial charge is 0.145 e. The first-order valence-corrected chi connectivity index (χ1v) is 10.8. The SMILES string of the molecule is CC(C)c1ccc(C2=NC3=C(c4ccccc4)NNC3=CN2c2ccc(Cl)cc2)cc1. The van der Waals surface area contributed by atoms with E-state index in [9.17, 15) is 0 Å².